The van der Waals surface area contributed by atoms with Crippen LogP contribution >= 0.6 is 15.9 Å². The van der Waals surface area contributed by atoms with Crippen LogP contribution in [0.4, 0.5) is 5.69 Å². The van der Waals surface area contributed by atoms with Crippen molar-refractivity contribution >= 4 is 21.6 Å². The van der Waals surface area contributed by atoms with Crippen LogP contribution < -0.4 is 5.32 Å². The first-order chi connectivity index (χ1) is 9.81. The molecule has 3 aromatic rings. The highest BCUT2D eigenvalue weighted by molar-refractivity contribution is 9.10. The molecule has 1 aromatic heterocycles. The van der Waals surface area contributed by atoms with Crippen molar-refractivity contribution in [2.24, 2.45) is 0 Å². The number of hydrogen-bond acceptors (Lipinski definition) is 4. The van der Waals surface area contributed by atoms with Crippen molar-refractivity contribution in [3.63, 3.8) is 0 Å². The van der Waals surface area contributed by atoms with Crippen molar-refractivity contribution in [1.29, 1.82) is 0 Å². The number of anilines is 1. The summed E-state index contributed by atoms with van der Waals surface area (Å²) in [6.45, 7) is 0.505. The summed E-state index contributed by atoms with van der Waals surface area (Å²) in [7, 11) is 0. The molecular formula is C15H12BrN3O. The highest BCUT2D eigenvalue weighted by Gasteiger charge is 2.08. The largest absolute Gasteiger partial charge is 0.376 e. The zero-order valence-electron chi connectivity index (χ0n) is 10.6. The van der Waals surface area contributed by atoms with Gasteiger partial charge in [-0.15, -0.1) is 0 Å². The van der Waals surface area contributed by atoms with Gasteiger partial charge in [-0.05, 0) is 24.3 Å². The minimum atomic E-state index is 0.505. The highest BCUT2D eigenvalue weighted by atomic mass is 79.9. The van der Waals surface area contributed by atoms with Crippen LogP contribution in [0.3, 0.4) is 0 Å². The minimum absolute atomic E-state index is 0.505. The van der Waals surface area contributed by atoms with Gasteiger partial charge in [-0.25, -0.2) is 0 Å². The van der Waals surface area contributed by atoms with E-state index in [1.54, 1.807) is 0 Å². The topological polar surface area (TPSA) is 51.0 Å². The maximum Gasteiger partial charge on any atom is 0.246 e. The van der Waals surface area contributed by atoms with Crippen LogP contribution in [0.5, 0.6) is 0 Å². The standard InChI is InChI=1S/C15H12BrN3O/c16-12-6-4-5-11(9-12)15-18-14(20-19-15)10-17-13-7-2-1-3-8-13/h1-9,17H,10H2. The van der Waals surface area contributed by atoms with Gasteiger partial charge < -0.3 is 9.84 Å². The van der Waals surface area contributed by atoms with Crippen molar-refractivity contribution in [3.05, 3.63) is 65.0 Å². The number of benzene rings is 2. The molecule has 0 saturated carbocycles. The maximum absolute atomic E-state index is 5.24. The molecule has 0 aliphatic rings. The summed E-state index contributed by atoms with van der Waals surface area (Å²) in [4.78, 5) is 4.38. The van der Waals surface area contributed by atoms with E-state index < -0.39 is 0 Å². The predicted molar refractivity (Wildman–Crippen MR) is 81.2 cm³/mol. The number of nitrogens with one attached hydrogen (secondary N) is 1. The molecule has 0 atom stereocenters. The molecule has 0 unspecified atom stereocenters. The van der Waals surface area contributed by atoms with Crippen LogP contribution in [0.25, 0.3) is 11.4 Å². The molecule has 1 heterocycles. The van der Waals surface area contributed by atoms with E-state index in [0.717, 1.165) is 15.7 Å². The number of rotatable bonds is 4. The van der Waals surface area contributed by atoms with Gasteiger partial charge in [-0.2, -0.15) is 4.98 Å². The van der Waals surface area contributed by atoms with Gasteiger partial charge in [0.25, 0.3) is 0 Å². The first-order valence-electron chi connectivity index (χ1n) is 6.19. The molecule has 0 aliphatic heterocycles. The van der Waals surface area contributed by atoms with Crippen molar-refractivity contribution < 1.29 is 4.52 Å². The molecule has 0 fully saturated rings. The van der Waals surface area contributed by atoms with Crippen molar-refractivity contribution in [3.8, 4) is 11.4 Å². The first kappa shape index (κ1) is 12.9. The Morgan fingerprint density at radius 2 is 1.90 bits per heavy atom. The summed E-state index contributed by atoms with van der Waals surface area (Å²) >= 11 is 3.43. The summed E-state index contributed by atoms with van der Waals surface area (Å²) in [5.41, 5.74) is 1.95. The number of aromatic nitrogens is 2. The van der Waals surface area contributed by atoms with E-state index >= 15 is 0 Å². The molecule has 100 valence electrons. The first-order valence-corrected chi connectivity index (χ1v) is 6.98. The number of para-hydroxylation sites is 1. The Hall–Kier alpha value is -2.14. The molecule has 5 heteroatoms. The van der Waals surface area contributed by atoms with E-state index in [9.17, 15) is 0 Å². The Bertz CT molecular complexity index is 697. The second kappa shape index (κ2) is 5.88. The fraction of sp³-hybridized carbons (Fsp3) is 0.0667. The van der Waals surface area contributed by atoms with E-state index in [0.29, 0.717) is 18.3 Å². The van der Waals surface area contributed by atoms with Crippen LogP contribution in [0.15, 0.2) is 63.6 Å². The summed E-state index contributed by atoms with van der Waals surface area (Å²) in [6, 6.07) is 17.7. The average molecular weight is 330 g/mol. The Labute approximate surface area is 125 Å². The summed E-state index contributed by atoms with van der Waals surface area (Å²) < 4.78 is 6.23. The predicted octanol–water partition coefficient (Wildman–Crippen LogP) is 4.11. The normalized spacial score (nSPS) is 10.4. The van der Waals surface area contributed by atoms with Crippen molar-refractivity contribution in [2.45, 2.75) is 6.54 Å². The lowest BCUT2D eigenvalue weighted by Gasteiger charge is -2.01. The fourth-order valence-corrected chi connectivity index (χ4v) is 2.20. The molecule has 4 nitrogen and oxygen atoms in total. The molecule has 0 bridgehead atoms. The van der Waals surface area contributed by atoms with Gasteiger partial charge in [-0.3, -0.25) is 0 Å². The maximum atomic E-state index is 5.24. The van der Waals surface area contributed by atoms with Crippen LogP contribution in [0, 0.1) is 0 Å². The zero-order chi connectivity index (χ0) is 13.8. The fourth-order valence-electron chi connectivity index (χ4n) is 1.81. The van der Waals surface area contributed by atoms with E-state index in [4.69, 9.17) is 4.52 Å². The average Bonchev–Trinajstić information content (AvgIpc) is 2.95. The van der Waals surface area contributed by atoms with Crippen molar-refractivity contribution in [1.82, 2.24) is 10.1 Å². The van der Waals surface area contributed by atoms with E-state index in [2.05, 4.69) is 31.4 Å². The lowest BCUT2D eigenvalue weighted by atomic mass is 10.2. The van der Waals surface area contributed by atoms with Crippen LogP contribution in [-0.2, 0) is 6.54 Å². The lowest BCUT2D eigenvalue weighted by Crippen LogP contribution is -1.99. The quantitative estimate of drug-likeness (QED) is 0.782. The molecule has 0 spiro atoms. The van der Waals surface area contributed by atoms with Gasteiger partial charge in [0, 0.05) is 15.7 Å². The van der Waals surface area contributed by atoms with Crippen LogP contribution in [-0.4, -0.2) is 10.1 Å². The van der Waals surface area contributed by atoms with Gasteiger partial charge in [0.1, 0.15) is 0 Å². The number of hydrogen-bond donors (Lipinski definition) is 1. The summed E-state index contributed by atoms with van der Waals surface area (Å²) in [5.74, 6) is 1.15. The second-order valence-electron chi connectivity index (χ2n) is 4.24. The Balaban J connectivity index is 1.71. The minimum Gasteiger partial charge on any atom is -0.376 e. The monoisotopic (exact) mass is 329 g/mol. The van der Waals surface area contributed by atoms with Gasteiger partial charge in [0.05, 0.1) is 6.54 Å². The summed E-state index contributed by atoms with van der Waals surface area (Å²) in [6.07, 6.45) is 0. The molecular weight excluding hydrogens is 318 g/mol. The Morgan fingerprint density at radius 3 is 2.70 bits per heavy atom. The van der Waals surface area contributed by atoms with Gasteiger partial charge in [0.15, 0.2) is 0 Å². The van der Waals surface area contributed by atoms with Crippen LogP contribution in [0.2, 0.25) is 0 Å². The van der Waals surface area contributed by atoms with E-state index in [1.807, 2.05) is 54.6 Å². The smallest absolute Gasteiger partial charge is 0.246 e. The van der Waals surface area contributed by atoms with E-state index in [-0.39, 0.29) is 0 Å². The molecule has 0 aliphatic carbocycles. The third-order valence-corrected chi connectivity index (χ3v) is 3.26. The van der Waals surface area contributed by atoms with E-state index in [1.165, 1.54) is 0 Å². The van der Waals surface area contributed by atoms with Gasteiger partial charge in [-0.1, -0.05) is 51.4 Å². The van der Waals surface area contributed by atoms with Gasteiger partial charge >= 0.3 is 0 Å². The third kappa shape index (κ3) is 3.05. The third-order valence-electron chi connectivity index (χ3n) is 2.77. The number of halogens is 1. The molecule has 2 aromatic carbocycles. The molecule has 20 heavy (non-hydrogen) atoms. The molecule has 1 N–H and O–H groups in total. The molecule has 0 amide bonds. The SMILES string of the molecule is Brc1cccc(-c2noc(CNc3ccccc3)n2)c1. The van der Waals surface area contributed by atoms with Crippen LogP contribution in [0.1, 0.15) is 5.89 Å². The highest BCUT2D eigenvalue weighted by Crippen LogP contribution is 2.20. The number of nitrogens with zero attached hydrogens (tertiary/aromatic N) is 2. The van der Waals surface area contributed by atoms with Crippen molar-refractivity contribution in [2.75, 3.05) is 5.32 Å². The van der Waals surface area contributed by atoms with Gasteiger partial charge in [0.2, 0.25) is 11.7 Å². The lowest BCUT2D eigenvalue weighted by molar-refractivity contribution is 0.384. The molecule has 0 saturated heterocycles. The zero-order valence-corrected chi connectivity index (χ0v) is 12.2. The second-order valence-corrected chi connectivity index (χ2v) is 5.16. The Morgan fingerprint density at radius 1 is 1.05 bits per heavy atom. The Kier molecular flexibility index (Phi) is 3.78. The molecule has 0 radical (unpaired) electrons. The molecule has 3 rings (SSSR count). The summed E-state index contributed by atoms with van der Waals surface area (Å²) in [5, 5.41) is 7.22.